The molecule has 0 fully saturated rings. The Labute approximate surface area is 169 Å². The van der Waals surface area contributed by atoms with E-state index in [1.165, 1.54) is 20.1 Å². The molecule has 0 spiro atoms. The fourth-order valence-electron chi connectivity index (χ4n) is 2.18. The van der Waals surface area contributed by atoms with E-state index in [0.717, 1.165) is 5.41 Å². The lowest BCUT2D eigenvalue weighted by Gasteiger charge is -2.14. The molecule has 0 aliphatic heterocycles. The predicted octanol–water partition coefficient (Wildman–Crippen LogP) is 2.16. The first kappa shape index (κ1) is 22.1. The van der Waals surface area contributed by atoms with E-state index in [9.17, 15) is 18.0 Å². The Morgan fingerprint density at radius 1 is 1.10 bits per heavy atom. The summed E-state index contributed by atoms with van der Waals surface area (Å²) in [5.74, 6) is -0.876. The van der Waals surface area contributed by atoms with Gasteiger partial charge >= 0.3 is 5.97 Å². The van der Waals surface area contributed by atoms with Crippen LogP contribution in [0.15, 0.2) is 60.0 Å². The van der Waals surface area contributed by atoms with Gasteiger partial charge in [0.05, 0.1) is 7.11 Å². The maximum atomic E-state index is 12.1. The first-order valence-electron chi connectivity index (χ1n) is 8.66. The Hall–Kier alpha value is -3.17. The summed E-state index contributed by atoms with van der Waals surface area (Å²) in [5, 5.41) is 3.54. The fourth-order valence-corrected chi connectivity index (χ4v) is 2.93. The van der Waals surface area contributed by atoms with E-state index in [1.54, 1.807) is 48.5 Å². The summed E-state index contributed by atoms with van der Waals surface area (Å²) in [6.07, 6.45) is 0.288. The van der Waals surface area contributed by atoms with Crippen molar-refractivity contribution in [1.82, 2.24) is 4.72 Å². The van der Waals surface area contributed by atoms with Crippen LogP contribution in [0.25, 0.3) is 6.08 Å². The van der Waals surface area contributed by atoms with Gasteiger partial charge in [-0.1, -0.05) is 36.4 Å². The van der Waals surface area contributed by atoms with Crippen LogP contribution in [0.4, 0.5) is 5.69 Å². The topological polar surface area (TPSA) is 111 Å². The number of sulfonamides is 1. The van der Waals surface area contributed by atoms with E-state index >= 15 is 0 Å². The van der Waals surface area contributed by atoms with Crippen LogP contribution in [0, 0.1) is 0 Å². The molecule has 2 aromatic carbocycles. The quantitative estimate of drug-likeness (QED) is 0.604. The lowest BCUT2D eigenvalue weighted by Crippen LogP contribution is -2.35. The normalized spacial score (nSPS) is 12.3. The van der Waals surface area contributed by atoms with Crippen molar-refractivity contribution in [2.45, 2.75) is 13.0 Å². The third kappa shape index (κ3) is 7.76. The lowest BCUT2D eigenvalue weighted by atomic mass is 10.2. The Balaban J connectivity index is 1.82. The fraction of sp³-hybridized carbons (Fsp3) is 0.200. The molecule has 2 aromatic rings. The van der Waals surface area contributed by atoms with Gasteiger partial charge in [0.15, 0.2) is 6.10 Å². The van der Waals surface area contributed by atoms with Gasteiger partial charge in [-0.2, -0.15) is 0 Å². The van der Waals surface area contributed by atoms with Gasteiger partial charge in [0.2, 0.25) is 10.0 Å². The van der Waals surface area contributed by atoms with Gasteiger partial charge in [-0.3, -0.25) is 9.59 Å². The summed E-state index contributed by atoms with van der Waals surface area (Å²) in [6.45, 7) is 0.787. The van der Waals surface area contributed by atoms with Crippen molar-refractivity contribution in [2.75, 3.05) is 19.0 Å². The molecule has 0 aromatic heterocycles. The Bertz CT molecular complexity index is 973. The van der Waals surface area contributed by atoms with E-state index < -0.39 is 34.5 Å². The molecule has 8 nitrogen and oxygen atoms in total. The first-order valence-corrected chi connectivity index (χ1v) is 10.2. The van der Waals surface area contributed by atoms with Crippen LogP contribution in [-0.4, -0.2) is 40.1 Å². The zero-order chi connectivity index (χ0) is 21.3. The summed E-state index contributed by atoms with van der Waals surface area (Å²) < 4.78 is 36.0. The number of amides is 1. The number of ether oxygens (including phenoxy) is 2. The average Bonchev–Trinajstić information content (AvgIpc) is 2.72. The second-order valence-electron chi connectivity index (χ2n) is 5.93. The Morgan fingerprint density at radius 2 is 1.83 bits per heavy atom. The third-order valence-electron chi connectivity index (χ3n) is 3.67. The van der Waals surface area contributed by atoms with Gasteiger partial charge in [-0.15, -0.1) is 0 Å². The van der Waals surface area contributed by atoms with Crippen molar-refractivity contribution in [3.8, 4) is 5.75 Å². The molecule has 29 heavy (non-hydrogen) atoms. The van der Waals surface area contributed by atoms with Gasteiger partial charge in [0.1, 0.15) is 12.3 Å². The summed E-state index contributed by atoms with van der Waals surface area (Å²) in [7, 11) is -2.33. The second-order valence-corrected chi connectivity index (χ2v) is 7.58. The number of hydrogen-bond acceptors (Lipinski definition) is 6. The smallest absolute Gasteiger partial charge is 0.321 e. The number of benzene rings is 2. The molecule has 0 aliphatic rings. The van der Waals surface area contributed by atoms with E-state index in [2.05, 4.69) is 10.0 Å². The lowest BCUT2D eigenvalue weighted by molar-refractivity contribution is -0.151. The van der Waals surface area contributed by atoms with E-state index in [1.807, 2.05) is 6.07 Å². The SMILES string of the molecule is COc1cccc(NC(=O)[C@H](C)OC(=O)CNS(=O)(=O)/C=C/c2ccccc2)c1. The first-order chi connectivity index (χ1) is 13.8. The van der Waals surface area contributed by atoms with Crippen LogP contribution in [0.2, 0.25) is 0 Å². The highest BCUT2D eigenvalue weighted by Gasteiger charge is 2.19. The van der Waals surface area contributed by atoms with Gasteiger partial charge in [-0.05, 0) is 30.7 Å². The molecule has 0 aliphatic carbocycles. The molecule has 2 rings (SSSR count). The molecule has 9 heteroatoms. The highest BCUT2D eigenvalue weighted by molar-refractivity contribution is 7.92. The van der Waals surface area contributed by atoms with Crippen molar-refractivity contribution in [1.29, 1.82) is 0 Å². The van der Waals surface area contributed by atoms with Crippen molar-refractivity contribution < 1.29 is 27.5 Å². The minimum Gasteiger partial charge on any atom is -0.497 e. The Morgan fingerprint density at radius 3 is 2.52 bits per heavy atom. The van der Waals surface area contributed by atoms with Crippen molar-refractivity contribution >= 4 is 33.7 Å². The minimum atomic E-state index is -3.83. The van der Waals surface area contributed by atoms with Gasteiger partial charge in [0.25, 0.3) is 5.91 Å². The maximum absolute atomic E-state index is 12.1. The number of nitrogens with one attached hydrogen (secondary N) is 2. The zero-order valence-corrected chi connectivity index (χ0v) is 16.8. The molecule has 0 radical (unpaired) electrons. The number of anilines is 1. The van der Waals surface area contributed by atoms with E-state index in [4.69, 9.17) is 9.47 Å². The van der Waals surface area contributed by atoms with Crippen molar-refractivity contribution in [3.05, 3.63) is 65.6 Å². The van der Waals surface area contributed by atoms with Crippen LogP contribution in [0.1, 0.15) is 12.5 Å². The Kier molecular flexibility index (Phi) is 7.93. The summed E-state index contributed by atoms with van der Waals surface area (Å²) in [5.41, 5.74) is 1.17. The largest absolute Gasteiger partial charge is 0.497 e. The standard InChI is InChI=1S/C20H22N2O6S/c1-15(20(24)22-17-9-6-10-18(13-17)27-2)28-19(23)14-21-29(25,26)12-11-16-7-4-3-5-8-16/h3-13,15,21H,14H2,1-2H3,(H,22,24)/b12-11+/t15-/m0/s1. The summed E-state index contributed by atoms with van der Waals surface area (Å²) >= 11 is 0. The molecule has 2 N–H and O–H groups in total. The minimum absolute atomic E-state index is 0.476. The number of hydrogen-bond donors (Lipinski definition) is 2. The van der Waals surface area contributed by atoms with E-state index in [0.29, 0.717) is 17.0 Å². The summed E-state index contributed by atoms with van der Waals surface area (Å²) in [6, 6.07) is 15.5. The highest BCUT2D eigenvalue weighted by Crippen LogP contribution is 2.17. The number of methoxy groups -OCH3 is 1. The molecule has 0 saturated heterocycles. The molecule has 0 heterocycles. The number of esters is 1. The molecule has 1 atom stereocenters. The van der Waals surface area contributed by atoms with Crippen LogP contribution in [0.3, 0.4) is 0 Å². The molecule has 0 unspecified atom stereocenters. The van der Waals surface area contributed by atoms with Crippen molar-refractivity contribution in [2.24, 2.45) is 0 Å². The second kappa shape index (κ2) is 10.4. The number of carbonyl (C=O) groups excluding carboxylic acids is 2. The maximum Gasteiger partial charge on any atom is 0.321 e. The molecular formula is C20H22N2O6S. The molecule has 0 bridgehead atoms. The molecular weight excluding hydrogens is 396 g/mol. The van der Waals surface area contributed by atoms with E-state index in [-0.39, 0.29) is 0 Å². The van der Waals surface area contributed by atoms with Gasteiger partial charge in [0, 0.05) is 17.2 Å². The van der Waals surface area contributed by atoms with Gasteiger partial charge < -0.3 is 14.8 Å². The third-order valence-corrected chi connectivity index (χ3v) is 4.71. The predicted molar refractivity (Wildman–Crippen MR) is 110 cm³/mol. The van der Waals surface area contributed by atoms with Crippen molar-refractivity contribution in [3.63, 3.8) is 0 Å². The van der Waals surface area contributed by atoms with Crippen LogP contribution < -0.4 is 14.8 Å². The van der Waals surface area contributed by atoms with Crippen LogP contribution in [-0.2, 0) is 24.3 Å². The molecule has 154 valence electrons. The van der Waals surface area contributed by atoms with Crippen LogP contribution >= 0.6 is 0 Å². The average molecular weight is 418 g/mol. The van der Waals surface area contributed by atoms with Gasteiger partial charge in [-0.25, -0.2) is 13.1 Å². The zero-order valence-electron chi connectivity index (χ0n) is 16.0. The van der Waals surface area contributed by atoms with Crippen LogP contribution in [0.5, 0.6) is 5.75 Å². The highest BCUT2D eigenvalue weighted by atomic mass is 32.2. The number of rotatable bonds is 9. The molecule has 0 saturated carbocycles. The number of carbonyl (C=O) groups is 2. The summed E-state index contributed by atoms with van der Waals surface area (Å²) in [4.78, 5) is 24.0. The monoisotopic (exact) mass is 418 g/mol. The molecule has 1 amide bonds.